The van der Waals surface area contributed by atoms with Gasteiger partial charge in [0.15, 0.2) is 5.82 Å². The van der Waals surface area contributed by atoms with Gasteiger partial charge in [-0.3, -0.25) is 0 Å². The molecule has 0 radical (unpaired) electrons. The van der Waals surface area contributed by atoms with Gasteiger partial charge in [-0.15, -0.1) is 0 Å². The Morgan fingerprint density at radius 1 is 0.422 bits per heavy atom. The van der Waals surface area contributed by atoms with Crippen LogP contribution in [0.15, 0.2) is 146 Å². The molecule has 0 aliphatic heterocycles. The predicted molar refractivity (Wildman–Crippen MR) is 188 cm³/mol. The lowest BCUT2D eigenvalue weighted by atomic mass is 9.82. The van der Waals surface area contributed by atoms with Gasteiger partial charge in [0, 0.05) is 22.1 Å². The third-order valence-corrected chi connectivity index (χ3v) is 9.67. The fourth-order valence-corrected chi connectivity index (χ4v) is 7.49. The van der Waals surface area contributed by atoms with Gasteiger partial charge in [-0.25, -0.2) is 9.97 Å². The number of rotatable bonds is 3. The quantitative estimate of drug-likeness (QED) is 0.155. The Balaban J connectivity index is 1.40. The van der Waals surface area contributed by atoms with Crippen molar-refractivity contribution in [3.63, 3.8) is 0 Å². The number of benzene rings is 7. The van der Waals surface area contributed by atoms with E-state index in [4.69, 9.17) is 9.97 Å². The van der Waals surface area contributed by atoms with Crippen molar-refractivity contribution < 1.29 is 0 Å². The van der Waals surface area contributed by atoms with E-state index in [1.807, 2.05) is 6.07 Å². The average molecular weight is 575 g/mol. The van der Waals surface area contributed by atoms with Crippen molar-refractivity contribution >= 4 is 32.3 Å². The molecule has 0 bridgehead atoms. The molecule has 0 saturated heterocycles. The summed E-state index contributed by atoms with van der Waals surface area (Å²) in [5.74, 6) is 0.730. The highest BCUT2D eigenvalue weighted by molar-refractivity contribution is 6.19. The lowest BCUT2D eigenvalue weighted by molar-refractivity contribution is 0.660. The Bertz CT molecular complexity index is 2450. The van der Waals surface area contributed by atoms with Crippen LogP contribution in [0.3, 0.4) is 0 Å². The third kappa shape index (κ3) is 3.89. The van der Waals surface area contributed by atoms with Crippen LogP contribution in [0, 0.1) is 0 Å². The molecule has 1 aliphatic carbocycles. The Morgan fingerprint density at radius 2 is 1.09 bits per heavy atom. The van der Waals surface area contributed by atoms with Crippen LogP contribution in [0.25, 0.3) is 77.3 Å². The van der Waals surface area contributed by atoms with Crippen molar-refractivity contribution in [2.24, 2.45) is 0 Å². The average Bonchev–Trinajstić information content (AvgIpc) is 3.33. The van der Waals surface area contributed by atoms with E-state index in [0.29, 0.717) is 0 Å². The highest BCUT2D eigenvalue weighted by atomic mass is 14.9. The molecule has 212 valence electrons. The first-order valence-electron chi connectivity index (χ1n) is 15.6. The van der Waals surface area contributed by atoms with E-state index >= 15 is 0 Å². The minimum Gasteiger partial charge on any atom is -0.228 e. The molecule has 0 N–H and O–H groups in total. The molecule has 0 amide bonds. The second-order valence-corrected chi connectivity index (χ2v) is 12.6. The van der Waals surface area contributed by atoms with Gasteiger partial charge in [0.25, 0.3) is 0 Å². The van der Waals surface area contributed by atoms with Gasteiger partial charge >= 0.3 is 0 Å². The fraction of sp³-hybridized carbons (Fsp3) is 0.0698. The van der Waals surface area contributed by atoms with E-state index in [-0.39, 0.29) is 5.41 Å². The molecule has 2 nitrogen and oxygen atoms in total. The molecule has 9 rings (SSSR count). The van der Waals surface area contributed by atoms with E-state index in [9.17, 15) is 0 Å². The minimum absolute atomic E-state index is 0.0903. The standard InChI is InChI=1S/C43H30N2/c1-43(2)36-21-11-10-19-33(36)40-34(20-12-22-37(40)43)38-26-39(45-42(44-38)28-14-4-3-5-15-28)41-31-18-9-7-16-29(31)25-35-30-17-8-6-13-27(30)23-24-32(35)41/h3-26H,1-2H3. The predicted octanol–water partition coefficient (Wildman–Crippen LogP) is 11.2. The second kappa shape index (κ2) is 9.70. The second-order valence-electron chi connectivity index (χ2n) is 12.6. The molecular formula is C43H30N2. The normalized spacial score (nSPS) is 13.3. The Labute approximate surface area is 262 Å². The molecule has 1 aromatic heterocycles. The van der Waals surface area contributed by atoms with Gasteiger partial charge < -0.3 is 0 Å². The number of hydrogen-bond acceptors (Lipinski definition) is 2. The topological polar surface area (TPSA) is 25.8 Å². The van der Waals surface area contributed by atoms with Crippen LogP contribution in [0.5, 0.6) is 0 Å². The maximum atomic E-state index is 5.34. The lowest BCUT2D eigenvalue weighted by Crippen LogP contribution is -2.14. The number of nitrogens with zero attached hydrogens (tertiary/aromatic N) is 2. The summed E-state index contributed by atoms with van der Waals surface area (Å²) in [7, 11) is 0. The number of aromatic nitrogens is 2. The van der Waals surface area contributed by atoms with Gasteiger partial charge in [0.1, 0.15) is 0 Å². The summed E-state index contributed by atoms with van der Waals surface area (Å²) < 4.78 is 0. The van der Waals surface area contributed by atoms with Crippen LogP contribution in [0.1, 0.15) is 25.0 Å². The largest absolute Gasteiger partial charge is 0.228 e. The van der Waals surface area contributed by atoms with E-state index in [1.165, 1.54) is 54.6 Å². The Hall–Kier alpha value is -5.60. The molecule has 0 unspecified atom stereocenters. The van der Waals surface area contributed by atoms with Crippen molar-refractivity contribution in [3.05, 3.63) is 157 Å². The number of hydrogen-bond donors (Lipinski definition) is 0. The fourth-order valence-electron chi connectivity index (χ4n) is 7.49. The summed E-state index contributed by atoms with van der Waals surface area (Å²) in [6.07, 6.45) is 0. The zero-order valence-electron chi connectivity index (χ0n) is 25.3. The van der Waals surface area contributed by atoms with Crippen LogP contribution in [-0.2, 0) is 5.41 Å². The van der Waals surface area contributed by atoms with Gasteiger partial charge in [0.05, 0.1) is 11.4 Å². The monoisotopic (exact) mass is 574 g/mol. The van der Waals surface area contributed by atoms with E-state index in [1.54, 1.807) is 0 Å². The third-order valence-electron chi connectivity index (χ3n) is 9.67. The molecule has 0 fully saturated rings. The molecule has 0 atom stereocenters. The van der Waals surface area contributed by atoms with E-state index in [0.717, 1.165) is 33.9 Å². The highest BCUT2D eigenvalue weighted by Crippen LogP contribution is 2.52. The van der Waals surface area contributed by atoms with Crippen molar-refractivity contribution in [2.75, 3.05) is 0 Å². The number of fused-ring (bicyclic) bond motifs is 7. The highest BCUT2D eigenvalue weighted by Gasteiger charge is 2.36. The molecule has 1 aliphatic rings. The van der Waals surface area contributed by atoms with Crippen LogP contribution in [-0.4, -0.2) is 9.97 Å². The van der Waals surface area contributed by atoms with E-state index < -0.39 is 0 Å². The van der Waals surface area contributed by atoms with Crippen LogP contribution in [0.4, 0.5) is 0 Å². The Kier molecular flexibility index (Phi) is 5.58. The maximum absolute atomic E-state index is 5.34. The smallest absolute Gasteiger partial charge is 0.160 e. The van der Waals surface area contributed by atoms with E-state index in [2.05, 4.69) is 153 Å². The first-order valence-corrected chi connectivity index (χ1v) is 15.6. The Morgan fingerprint density at radius 3 is 1.96 bits per heavy atom. The van der Waals surface area contributed by atoms with Crippen LogP contribution in [0.2, 0.25) is 0 Å². The molecular weight excluding hydrogens is 544 g/mol. The van der Waals surface area contributed by atoms with Crippen molar-refractivity contribution in [1.29, 1.82) is 0 Å². The molecule has 8 aromatic rings. The minimum atomic E-state index is -0.0903. The van der Waals surface area contributed by atoms with Crippen LogP contribution < -0.4 is 0 Å². The first kappa shape index (κ1) is 25.9. The van der Waals surface area contributed by atoms with Gasteiger partial charge in [0.2, 0.25) is 0 Å². The SMILES string of the molecule is CC1(C)c2ccccc2-c2c(-c3cc(-c4c5ccccc5cc5c4ccc4ccccc45)nc(-c4ccccc4)n3)cccc21. The zero-order valence-corrected chi connectivity index (χ0v) is 25.3. The summed E-state index contributed by atoms with van der Waals surface area (Å²) in [4.78, 5) is 10.6. The first-order chi connectivity index (χ1) is 22.1. The summed E-state index contributed by atoms with van der Waals surface area (Å²) >= 11 is 0. The lowest BCUT2D eigenvalue weighted by Gasteiger charge is -2.21. The summed E-state index contributed by atoms with van der Waals surface area (Å²) in [6, 6.07) is 52.3. The van der Waals surface area contributed by atoms with Crippen molar-refractivity contribution in [3.8, 4) is 45.0 Å². The molecule has 7 aromatic carbocycles. The summed E-state index contributed by atoms with van der Waals surface area (Å²) in [6.45, 7) is 4.66. The van der Waals surface area contributed by atoms with Gasteiger partial charge in [-0.1, -0.05) is 147 Å². The molecule has 0 saturated carbocycles. The zero-order chi connectivity index (χ0) is 30.1. The van der Waals surface area contributed by atoms with Gasteiger partial charge in [-0.05, 0) is 66.7 Å². The molecule has 45 heavy (non-hydrogen) atoms. The van der Waals surface area contributed by atoms with Crippen LogP contribution >= 0.6 is 0 Å². The maximum Gasteiger partial charge on any atom is 0.160 e. The van der Waals surface area contributed by atoms with Crippen molar-refractivity contribution in [2.45, 2.75) is 19.3 Å². The molecule has 0 spiro atoms. The molecule has 2 heteroatoms. The molecule has 1 heterocycles. The van der Waals surface area contributed by atoms with Crippen molar-refractivity contribution in [1.82, 2.24) is 9.97 Å². The summed E-state index contributed by atoms with van der Waals surface area (Å²) in [5, 5.41) is 7.31. The van der Waals surface area contributed by atoms with Gasteiger partial charge in [-0.2, -0.15) is 0 Å². The summed E-state index contributed by atoms with van der Waals surface area (Å²) in [5.41, 5.74) is 10.3.